The van der Waals surface area contributed by atoms with E-state index in [1.54, 1.807) is 0 Å². The van der Waals surface area contributed by atoms with Gasteiger partial charge in [0.05, 0.1) is 0 Å². The van der Waals surface area contributed by atoms with Crippen molar-refractivity contribution in [2.45, 2.75) is 11.5 Å². The molecule has 1 atom stereocenters. The quantitative estimate of drug-likeness (QED) is 0.568. The van der Waals surface area contributed by atoms with Gasteiger partial charge in [0, 0.05) is 12.3 Å². The van der Waals surface area contributed by atoms with E-state index in [0.29, 0.717) is 18.7 Å². The molecule has 1 unspecified atom stereocenters. The zero-order valence-electron chi connectivity index (χ0n) is 8.12. The maximum Gasteiger partial charge on any atom is 0.511 e. The average Bonchev–Trinajstić information content (AvgIpc) is 2.85. The van der Waals surface area contributed by atoms with Crippen LogP contribution in [0.3, 0.4) is 0 Å². The fraction of sp³-hybridized carbons (Fsp3) is 0.375. The van der Waals surface area contributed by atoms with Gasteiger partial charge in [0.2, 0.25) is 5.76 Å². The molecular weight excluding hydrogens is 236 g/mol. The van der Waals surface area contributed by atoms with Crippen LogP contribution < -0.4 is 0 Å². The van der Waals surface area contributed by atoms with Crippen LogP contribution in [0.1, 0.15) is 17.0 Å². The van der Waals surface area contributed by atoms with Crippen molar-refractivity contribution in [3.8, 4) is 0 Å². The van der Waals surface area contributed by atoms with Crippen molar-refractivity contribution in [1.82, 2.24) is 0 Å². The molecule has 1 aromatic heterocycles. The van der Waals surface area contributed by atoms with Gasteiger partial charge in [-0.3, -0.25) is 10.1 Å². The van der Waals surface area contributed by atoms with Crippen molar-refractivity contribution in [2.24, 2.45) is 4.36 Å². The van der Waals surface area contributed by atoms with Crippen molar-refractivity contribution in [3.05, 3.63) is 28.0 Å². The van der Waals surface area contributed by atoms with Gasteiger partial charge >= 0.3 is 5.91 Å². The number of amides is 1. The number of furan rings is 1. The predicted molar refractivity (Wildman–Crippen MR) is 53.2 cm³/mol. The Morgan fingerprint density at radius 2 is 2.31 bits per heavy atom. The smallest absolute Gasteiger partial charge is 0.436 e. The highest BCUT2D eigenvalue weighted by Gasteiger charge is 2.27. The summed E-state index contributed by atoms with van der Waals surface area (Å²) >= 11 is 0. The molecule has 8 heteroatoms. The monoisotopic (exact) mass is 244 g/mol. The lowest BCUT2D eigenvalue weighted by molar-refractivity contribution is -0.376. The topological polar surface area (TPSA) is 103 Å². The summed E-state index contributed by atoms with van der Waals surface area (Å²) in [7, 11) is -2.59. The van der Waals surface area contributed by atoms with Crippen molar-refractivity contribution >= 4 is 15.6 Å². The predicted octanol–water partition coefficient (Wildman–Crippen LogP) is 0.927. The molecule has 0 N–H and O–H groups in total. The fourth-order valence-electron chi connectivity index (χ4n) is 1.40. The van der Waals surface area contributed by atoms with Crippen LogP contribution in [0.25, 0.3) is 0 Å². The number of rotatable bonds is 2. The van der Waals surface area contributed by atoms with Gasteiger partial charge in [0.1, 0.15) is 14.7 Å². The molecule has 2 heterocycles. The molecule has 16 heavy (non-hydrogen) atoms. The number of carbonyl (C=O) groups excluding carboxylic acids is 1. The van der Waals surface area contributed by atoms with Crippen LogP contribution in [0.4, 0.5) is 0 Å². The van der Waals surface area contributed by atoms with Crippen molar-refractivity contribution in [3.63, 3.8) is 0 Å². The Morgan fingerprint density at radius 3 is 2.88 bits per heavy atom. The van der Waals surface area contributed by atoms with Gasteiger partial charge in [-0.05, 0) is 18.6 Å². The molecule has 0 spiro atoms. The normalized spacial score (nSPS) is 24.0. The molecule has 1 aliphatic heterocycles. The average molecular weight is 244 g/mol. The summed E-state index contributed by atoms with van der Waals surface area (Å²) in [4.78, 5) is 20.1. The number of hydrogen-bond acceptors (Lipinski definition) is 6. The molecule has 1 aromatic rings. The van der Waals surface area contributed by atoms with Gasteiger partial charge in [0.25, 0.3) is 0 Å². The summed E-state index contributed by atoms with van der Waals surface area (Å²) in [5.41, 5.74) is 0. The van der Waals surface area contributed by atoms with Crippen molar-refractivity contribution in [1.29, 1.82) is 0 Å². The van der Waals surface area contributed by atoms with Crippen molar-refractivity contribution < 1.29 is 18.3 Å². The van der Waals surface area contributed by atoms with Crippen LogP contribution in [0.15, 0.2) is 26.0 Å². The Bertz CT molecular complexity index is 567. The van der Waals surface area contributed by atoms with Crippen LogP contribution in [0.2, 0.25) is 0 Å². The number of nitro groups is 1. The van der Waals surface area contributed by atoms with Crippen LogP contribution in [-0.4, -0.2) is 27.3 Å². The highest BCUT2D eigenvalue weighted by molar-refractivity contribution is 7.93. The largest absolute Gasteiger partial charge is 0.511 e. The summed E-state index contributed by atoms with van der Waals surface area (Å²) < 4.78 is 20.9. The summed E-state index contributed by atoms with van der Waals surface area (Å²) in [6, 6.07) is 2.47. The lowest BCUT2D eigenvalue weighted by atomic mass is 10.4. The lowest BCUT2D eigenvalue weighted by Gasteiger charge is -1.97. The highest BCUT2D eigenvalue weighted by Crippen LogP contribution is 2.22. The van der Waals surface area contributed by atoms with E-state index < -0.39 is 26.3 Å². The second-order valence-electron chi connectivity index (χ2n) is 3.23. The first-order chi connectivity index (χ1) is 7.53. The molecular formula is C8H8N2O5S. The minimum Gasteiger partial charge on any atom is -0.436 e. The minimum atomic E-state index is -2.59. The molecule has 0 aliphatic carbocycles. The summed E-state index contributed by atoms with van der Waals surface area (Å²) in [6.45, 7) is 0.484. The van der Waals surface area contributed by atoms with E-state index in [1.165, 1.54) is 6.07 Å². The third-order valence-electron chi connectivity index (χ3n) is 2.15. The first-order valence-corrected chi connectivity index (χ1v) is 6.20. The van der Waals surface area contributed by atoms with E-state index in [4.69, 9.17) is 4.42 Å². The molecule has 7 nitrogen and oxygen atoms in total. The van der Waals surface area contributed by atoms with E-state index in [1.807, 2.05) is 0 Å². The standard InChI is InChI=1S/C8H8N2O5S/c11-8(10(12)13)6-2-3-7(15-6)16(14)5-1-4-9-16/h2-3H,1,4-5H2. The molecule has 0 bridgehead atoms. The van der Waals surface area contributed by atoms with E-state index in [-0.39, 0.29) is 5.09 Å². The molecule has 0 fully saturated rings. The second-order valence-corrected chi connectivity index (χ2v) is 5.58. The Hall–Kier alpha value is -1.70. The fourth-order valence-corrected chi connectivity index (χ4v) is 3.30. The maximum atomic E-state index is 12.1. The van der Waals surface area contributed by atoms with Gasteiger partial charge in [-0.15, -0.1) is 0 Å². The van der Waals surface area contributed by atoms with Gasteiger partial charge in [-0.1, -0.05) is 0 Å². The zero-order valence-corrected chi connectivity index (χ0v) is 8.94. The van der Waals surface area contributed by atoms with Gasteiger partial charge in [-0.2, -0.15) is 0 Å². The molecule has 2 rings (SSSR count). The highest BCUT2D eigenvalue weighted by atomic mass is 32.2. The molecule has 1 amide bonds. The minimum absolute atomic E-state index is 0.0511. The molecule has 86 valence electrons. The summed E-state index contributed by atoms with van der Waals surface area (Å²) in [5, 5.41) is 10.3. The van der Waals surface area contributed by atoms with E-state index in [9.17, 15) is 19.1 Å². The molecule has 0 radical (unpaired) electrons. The van der Waals surface area contributed by atoms with Gasteiger partial charge in [-0.25, -0.2) is 13.4 Å². The number of carbonyl (C=O) groups is 1. The third-order valence-corrected chi connectivity index (χ3v) is 4.44. The summed E-state index contributed by atoms with van der Waals surface area (Å²) in [6.07, 6.45) is 0.693. The first kappa shape index (κ1) is 10.8. The Balaban J connectivity index is 2.37. The van der Waals surface area contributed by atoms with Gasteiger partial charge in [0.15, 0.2) is 5.09 Å². The van der Waals surface area contributed by atoms with Crippen LogP contribution in [0, 0.1) is 10.1 Å². The molecule has 0 aromatic carbocycles. The van der Waals surface area contributed by atoms with Crippen molar-refractivity contribution in [2.75, 3.05) is 12.3 Å². The zero-order chi connectivity index (χ0) is 11.8. The SMILES string of the molecule is O=C(c1ccc(S2(=O)=NCCC2)o1)[N+](=O)[O-]. The Kier molecular flexibility index (Phi) is 2.50. The Morgan fingerprint density at radius 1 is 1.56 bits per heavy atom. The van der Waals surface area contributed by atoms with Gasteiger partial charge < -0.3 is 4.42 Å². The first-order valence-electron chi connectivity index (χ1n) is 4.52. The van der Waals surface area contributed by atoms with Crippen LogP contribution in [0.5, 0.6) is 0 Å². The Labute approximate surface area is 90.8 Å². The van der Waals surface area contributed by atoms with E-state index in [0.717, 1.165) is 6.07 Å². The number of hydrogen-bond donors (Lipinski definition) is 0. The molecule has 0 saturated heterocycles. The van der Waals surface area contributed by atoms with Crippen LogP contribution in [-0.2, 0) is 9.73 Å². The van der Waals surface area contributed by atoms with E-state index in [2.05, 4.69) is 4.36 Å². The van der Waals surface area contributed by atoms with Crippen LogP contribution >= 0.6 is 0 Å². The third kappa shape index (κ3) is 1.71. The lowest BCUT2D eigenvalue weighted by Crippen LogP contribution is -2.10. The maximum absolute atomic E-state index is 12.1. The molecule has 0 saturated carbocycles. The second kappa shape index (κ2) is 3.71. The number of nitrogens with zero attached hydrogens (tertiary/aromatic N) is 2. The molecule has 1 aliphatic rings. The summed E-state index contributed by atoms with van der Waals surface area (Å²) in [5.74, 6) is -1.39. The van der Waals surface area contributed by atoms with E-state index >= 15 is 0 Å².